The molecular weight excluding hydrogens is 1240 g/mol. The van der Waals surface area contributed by atoms with Gasteiger partial charge in [-0.1, -0.05) is 53.8 Å². The summed E-state index contributed by atoms with van der Waals surface area (Å²) in [6.45, 7) is 1.27. The second-order valence-electron chi connectivity index (χ2n) is 17.4. The average Bonchev–Trinajstić information content (AvgIpc) is 3.36. The van der Waals surface area contributed by atoms with E-state index in [-0.39, 0.29) is 79.3 Å². The van der Waals surface area contributed by atoms with Gasteiger partial charge in [-0.15, -0.1) is 30.7 Å². The summed E-state index contributed by atoms with van der Waals surface area (Å²) in [6.07, 6.45) is -0.205. The molecule has 9 aromatic rings. The SMILES string of the molecule is Cc1cc(N=Nc2ccc3c(S(=O)(=O)O)c(N=Nc4c(-c5ccccc5)[nH]n(-c5cc(S(=O)(=O)O)c6cc(S(=O)(=O)O)cc(S(=O)(=O)O)c6c5)c4=O)ccc3c2O)c(OCCCS(=O)(=O)O)cc1N=Nc1nc2cccc(S(=O)(=O)O)c2s1. The third kappa shape index (κ3) is 12.7. The second-order valence-corrected chi connectivity index (χ2v) is 26.9. The molecule has 9 rings (SSSR count). The number of hydrogen-bond donors (Lipinski definition) is 8. The van der Waals surface area contributed by atoms with Crippen LogP contribution in [0.25, 0.3) is 48.7 Å². The zero-order valence-electron chi connectivity index (χ0n) is 41.3. The summed E-state index contributed by atoms with van der Waals surface area (Å²) in [4.78, 5) is 13.6. The van der Waals surface area contributed by atoms with Crippen molar-refractivity contribution < 1.29 is 87.7 Å². The van der Waals surface area contributed by atoms with Crippen molar-refractivity contribution in [3.8, 4) is 28.4 Å². The number of nitrogens with zero attached hydrogens (tertiary/aromatic N) is 8. The third-order valence-electron chi connectivity index (χ3n) is 11.8. The molecule has 0 aliphatic heterocycles. The standard InChI is InChI=1S/C46H35N9O21S7/c1-23-17-35(36(76-15-6-16-78(58,59)60)22-34(23)50-53-46-47-32-9-5-10-37(43(32)77-46)80(64,65)66)51-48-31-13-12-28-27(42(31)56)11-14-33(44(28)83(73,74)75)49-52-41-40(24-7-3-2-4-8-24)54-55(45(41)57)25-18-29-30(38(19-25)81(67,68)69)20-26(79(61,62)63)21-39(29)82(70,71)72/h2-5,7-14,17-22,54,56H,6,15-16H2,1H3,(H,58,59,60)(H,61,62,63)(H,64,65,66)(H,67,68,69)(H,70,71,72)(H,73,74,75). The predicted octanol–water partition coefficient (Wildman–Crippen LogP) is 8.90. The van der Waals surface area contributed by atoms with Gasteiger partial charge in [-0.25, -0.2) is 9.67 Å². The maximum absolute atomic E-state index is 14.4. The summed E-state index contributed by atoms with van der Waals surface area (Å²) in [6, 6.07) is 20.8. The molecule has 0 saturated heterocycles. The Labute approximate surface area is 471 Å². The van der Waals surface area contributed by atoms with Gasteiger partial charge in [-0.05, 0) is 79.6 Å². The number of aromatic amines is 1. The van der Waals surface area contributed by atoms with Gasteiger partial charge in [0.05, 0.1) is 44.5 Å². The first-order chi connectivity index (χ1) is 38.7. The summed E-state index contributed by atoms with van der Waals surface area (Å²) in [5, 5.41) is 36.5. The first-order valence-corrected chi connectivity index (χ1v) is 32.4. The van der Waals surface area contributed by atoms with Gasteiger partial charge in [0.1, 0.15) is 42.4 Å². The molecule has 0 aliphatic rings. The lowest BCUT2D eigenvalue weighted by molar-refractivity contribution is 0.317. The number of fused-ring (bicyclic) bond motifs is 3. The van der Waals surface area contributed by atoms with E-state index in [1.54, 1.807) is 13.0 Å². The van der Waals surface area contributed by atoms with Crippen LogP contribution in [-0.2, 0) is 60.7 Å². The number of phenolic OH excluding ortho intramolecular Hbond substituents is 1. The summed E-state index contributed by atoms with van der Waals surface area (Å²) in [5.41, 5.74) is -2.78. The topological polar surface area (TPSA) is 481 Å². The van der Waals surface area contributed by atoms with Crippen molar-refractivity contribution in [1.82, 2.24) is 14.8 Å². The fraction of sp³-hybridized carbons (Fsp3) is 0.0870. The van der Waals surface area contributed by atoms with Gasteiger partial charge in [0.2, 0.25) is 5.13 Å². The van der Waals surface area contributed by atoms with Gasteiger partial charge in [-0.2, -0.15) is 50.5 Å². The summed E-state index contributed by atoms with van der Waals surface area (Å²) in [5.74, 6) is -1.48. The minimum atomic E-state index is -5.47. The Bertz CT molecular complexity index is 5090. The van der Waals surface area contributed by atoms with Crippen molar-refractivity contribution in [2.75, 3.05) is 12.4 Å². The van der Waals surface area contributed by atoms with E-state index in [1.165, 1.54) is 54.6 Å². The van der Waals surface area contributed by atoms with E-state index < -0.39 is 130 Å². The molecule has 0 unspecified atom stereocenters. The summed E-state index contributed by atoms with van der Waals surface area (Å²) < 4.78 is 214. The van der Waals surface area contributed by atoms with Gasteiger partial charge >= 0.3 is 0 Å². The Morgan fingerprint density at radius 1 is 0.578 bits per heavy atom. The first-order valence-electron chi connectivity index (χ1n) is 22.7. The number of thiazole rings is 1. The molecule has 7 aromatic carbocycles. The number of ether oxygens (including phenoxy) is 1. The minimum absolute atomic E-state index is 0.0101. The van der Waals surface area contributed by atoms with Crippen LogP contribution in [0.1, 0.15) is 12.0 Å². The Morgan fingerprint density at radius 2 is 1.19 bits per heavy atom. The second kappa shape index (κ2) is 21.9. The van der Waals surface area contributed by atoms with E-state index in [4.69, 9.17) is 4.74 Å². The van der Waals surface area contributed by atoms with E-state index in [0.717, 1.165) is 41.7 Å². The lowest BCUT2D eigenvalue weighted by Crippen LogP contribution is -2.15. The third-order valence-corrected chi connectivity index (χ3v) is 18.2. The van der Waals surface area contributed by atoms with Crippen LogP contribution in [-0.4, -0.2) is 110 Å². The molecule has 432 valence electrons. The van der Waals surface area contributed by atoms with E-state index in [1.807, 2.05) is 0 Å². The highest BCUT2D eigenvalue weighted by molar-refractivity contribution is 7.87. The van der Waals surface area contributed by atoms with E-state index in [0.29, 0.717) is 22.4 Å². The van der Waals surface area contributed by atoms with Gasteiger partial charge in [0, 0.05) is 33.2 Å². The molecule has 2 aromatic heterocycles. The highest BCUT2D eigenvalue weighted by Crippen LogP contribution is 2.44. The largest absolute Gasteiger partial charge is 0.505 e. The van der Waals surface area contributed by atoms with E-state index in [2.05, 4.69) is 40.8 Å². The normalized spacial score (nSPS) is 13.2. The van der Waals surface area contributed by atoms with Crippen molar-refractivity contribution in [2.24, 2.45) is 30.7 Å². The fourth-order valence-corrected chi connectivity index (χ4v) is 13.4. The maximum Gasteiger partial charge on any atom is 0.299 e. The quantitative estimate of drug-likeness (QED) is 0.0226. The molecule has 0 amide bonds. The molecule has 0 atom stereocenters. The van der Waals surface area contributed by atoms with Gasteiger partial charge in [0.15, 0.2) is 11.4 Å². The highest BCUT2D eigenvalue weighted by atomic mass is 32.2. The van der Waals surface area contributed by atoms with Crippen molar-refractivity contribution in [2.45, 2.75) is 37.8 Å². The van der Waals surface area contributed by atoms with Crippen LogP contribution in [0.15, 0.2) is 169 Å². The summed E-state index contributed by atoms with van der Waals surface area (Å²) >= 11 is 0.811. The van der Waals surface area contributed by atoms with E-state index >= 15 is 0 Å². The average molecular weight is 1270 g/mol. The molecule has 0 bridgehead atoms. The van der Waals surface area contributed by atoms with Crippen LogP contribution >= 0.6 is 11.3 Å². The Balaban J connectivity index is 1.11. The van der Waals surface area contributed by atoms with Crippen LogP contribution in [0.2, 0.25) is 0 Å². The molecule has 0 aliphatic carbocycles. The Kier molecular flexibility index (Phi) is 15.7. The maximum atomic E-state index is 14.4. The number of H-pyrrole nitrogens is 1. The van der Waals surface area contributed by atoms with E-state index in [9.17, 15) is 87.7 Å². The molecule has 37 heteroatoms. The molecule has 8 N–H and O–H groups in total. The number of azo groups is 3. The Morgan fingerprint density at radius 3 is 1.84 bits per heavy atom. The van der Waals surface area contributed by atoms with Gasteiger partial charge in [-0.3, -0.25) is 37.2 Å². The smallest absolute Gasteiger partial charge is 0.299 e. The highest BCUT2D eigenvalue weighted by Gasteiger charge is 2.29. The number of aryl methyl sites for hydroxylation is 1. The molecule has 83 heavy (non-hydrogen) atoms. The number of rotatable bonds is 18. The summed E-state index contributed by atoms with van der Waals surface area (Å²) in [7, 11) is -30.6. The number of aromatic hydroxyl groups is 1. The van der Waals surface area contributed by atoms with Crippen LogP contribution in [0.4, 0.5) is 33.6 Å². The van der Waals surface area contributed by atoms with Crippen molar-refractivity contribution in [3.63, 3.8) is 0 Å². The molecule has 30 nitrogen and oxygen atoms in total. The fourth-order valence-electron chi connectivity index (χ4n) is 8.19. The molecule has 0 fully saturated rings. The van der Waals surface area contributed by atoms with Gasteiger partial charge < -0.3 is 9.84 Å². The zero-order valence-corrected chi connectivity index (χ0v) is 47.0. The predicted molar refractivity (Wildman–Crippen MR) is 294 cm³/mol. The van der Waals surface area contributed by atoms with Crippen LogP contribution in [0.5, 0.6) is 11.5 Å². The molecule has 0 spiro atoms. The lowest BCUT2D eigenvalue weighted by Gasteiger charge is -2.13. The minimum Gasteiger partial charge on any atom is -0.505 e. The van der Waals surface area contributed by atoms with Crippen molar-refractivity contribution >= 4 is 137 Å². The Hall–Kier alpha value is -8.18. The molecular formula is C46H35N9O21S7. The number of hydrogen-bond acceptors (Lipinski definition) is 23. The number of aromatic nitrogens is 3. The van der Waals surface area contributed by atoms with Crippen molar-refractivity contribution in [1.29, 1.82) is 0 Å². The number of benzene rings is 7. The molecule has 0 radical (unpaired) electrons. The number of nitrogens with one attached hydrogen (secondary N) is 1. The first kappa shape index (κ1) is 59.4. The van der Waals surface area contributed by atoms with Gasteiger partial charge in [0.25, 0.3) is 66.3 Å². The molecule has 0 saturated carbocycles. The van der Waals surface area contributed by atoms with Crippen LogP contribution < -0.4 is 10.3 Å². The van der Waals surface area contributed by atoms with Crippen LogP contribution in [0, 0.1) is 6.92 Å². The van der Waals surface area contributed by atoms with Crippen molar-refractivity contribution in [3.05, 3.63) is 125 Å². The molecule has 2 heterocycles. The number of phenols is 1. The lowest BCUT2D eigenvalue weighted by atomic mass is 10.1. The van der Waals surface area contributed by atoms with Crippen LogP contribution in [0.3, 0.4) is 0 Å². The monoisotopic (exact) mass is 1270 g/mol. The zero-order chi connectivity index (χ0) is 60.4.